The van der Waals surface area contributed by atoms with E-state index in [1.807, 2.05) is 13.0 Å². The standard InChI is InChI=1S/C10H9Br2NO/c1-6(11)2-7-3-9(14)4-8(5-13)10(7)12/h3-4,6,14H,2H2,1H3. The summed E-state index contributed by atoms with van der Waals surface area (Å²) >= 11 is 6.78. The van der Waals surface area contributed by atoms with Crippen LogP contribution < -0.4 is 0 Å². The van der Waals surface area contributed by atoms with Gasteiger partial charge in [-0.05, 0) is 40.0 Å². The second-order valence-corrected chi connectivity index (χ2v) is 5.42. The molecule has 1 N–H and O–H groups in total. The molecule has 0 bridgehead atoms. The Morgan fingerprint density at radius 3 is 2.71 bits per heavy atom. The predicted octanol–water partition coefficient (Wildman–Crippen LogP) is 3.35. The summed E-state index contributed by atoms with van der Waals surface area (Å²) in [6.07, 6.45) is 0.768. The molecule has 0 saturated carbocycles. The maximum absolute atomic E-state index is 9.38. The second kappa shape index (κ2) is 4.81. The monoisotopic (exact) mass is 317 g/mol. The lowest BCUT2D eigenvalue weighted by Gasteiger charge is -2.08. The van der Waals surface area contributed by atoms with E-state index in [2.05, 4.69) is 31.9 Å². The molecule has 0 aliphatic heterocycles. The zero-order valence-electron chi connectivity index (χ0n) is 7.59. The molecule has 0 amide bonds. The Bertz CT molecular complexity index is 382. The van der Waals surface area contributed by atoms with Crippen molar-refractivity contribution in [1.29, 1.82) is 5.26 Å². The van der Waals surface area contributed by atoms with Crippen molar-refractivity contribution in [2.45, 2.75) is 18.2 Å². The Hall–Kier alpha value is -0.530. The van der Waals surface area contributed by atoms with E-state index in [1.54, 1.807) is 6.07 Å². The van der Waals surface area contributed by atoms with Crippen LogP contribution in [-0.4, -0.2) is 9.93 Å². The molecule has 0 aromatic heterocycles. The molecule has 0 aliphatic carbocycles. The number of rotatable bonds is 2. The van der Waals surface area contributed by atoms with Gasteiger partial charge < -0.3 is 5.11 Å². The third kappa shape index (κ3) is 2.73. The maximum Gasteiger partial charge on any atom is 0.117 e. The molecule has 0 fully saturated rings. The molecule has 1 atom stereocenters. The van der Waals surface area contributed by atoms with Gasteiger partial charge >= 0.3 is 0 Å². The van der Waals surface area contributed by atoms with Crippen LogP contribution in [0.25, 0.3) is 0 Å². The van der Waals surface area contributed by atoms with Gasteiger partial charge in [-0.1, -0.05) is 22.9 Å². The van der Waals surface area contributed by atoms with Crippen LogP contribution in [0.5, 0.6) is 5.75 Å². The fourth-order valence-electron chi connectivity index (χ4n) is 1.20. The predicted molar refractivity (Wildman–Crippen MR) is 62.6 cm³/mol. The average molecular weight is 319 g/mol. The second-order valence-electron chi connectivity index (χ2n) is 3.06. The fourth-order valence-corrected chi connectivity index (χ4v) is 2.03. The molecule has 14 heavy (non-hydrogen) atoms. The first-order valence-electron chi connectivity index (χ1n) is 4.10. The first-order chi connectivity index (χ1) is 6.54. The van der Waals surface area contributed by atoms with Gasteiger partial charge in [0.05, 0.1) is 5.56 Å². The molecule has 1 aromatic rings. The number of aromatic hydroxyl groups is 1. The van der Waals surface area contributed by atoms with Crippen molar-refractivity contribution in [2.24, 2.45) is 0 Å². The van der Waals surface area contributed by atoms with Crippen molar-refractivity contribution in [3.63, 3.8) is 0 Å². The lowest BCUT2D eigenvalue weighted by atomic mass is 10.1. The summed E-state index contributed by atoms with van der Waals surface area (Å²) in [5.74, 6) is 0.132. The van der Waals surface area contributed by atoms with Gasteiger partial charge in [-0.15, -0.1) is 0 Å². The molecule has 0 aliphatic rings. The van der Waals surface area contributed by atoms with Gasteiger partial charge in [0.1, 0.15) is 11.8 Å². The van der Waals surface area contributed by atoms with Crippen LogP contribution in [0, 0.1) is 11.3 Å². The minimum Gasteiger partial charge on any atom is -0.508 e. The van der Waals surface area contributed by atoms with E-state index >= 15 is 0 Å². The summed E-state index contributed by atoms with van der Waals surface area (Å²) in [5.41, 5.74) is 1.40. The van der Waals surface area contributed by atoms with Crippen molar-refractivity contribution >= 4 is 31.9 Å². The van der Waals surface area contributed by atoms with E-state index in [0.29, 0.717) is 10.4 Å². The first kappa shape index (κ1) is 11.5. The minimum atomic E-state index is 0.132. The van der Waals surface area contributed by atoms with Gasteiger partial charge in [0.2, 0.25) is 0 Å². The van der Waals surface area contributed by atoms with Gasteiger partial charge in [0.25, 0.3) is 0 Å². The van der Waals surface area contributed by atoms with Crippen molar-refractivity contribution in [2.75, 3.05) is 0 Å². The summed E-state index contributed by atoms with van der Waals surface area (Å²) in [7, 11) is 0. The Kier molecular flexibility index (Phi) is 3.97. The quantitative estimate of drug-likeness (QED) is 0.850. The summed E-state index contributed by atoms with van der Waals surface area (Å²) in [4.78, 5) is 0.312. The zero-order chi connectivity index (χ0) is 10.7. The van der Waals surface area contributed by atoms with Gasteiger partial charge in [-0.2, -0.15) is 5.26 Å². The van der Waals surface area contributed by atoms with Gasteiger partial charge in [-0.3, -0.25) is 0 Å². The van der Waals surface area contributed by atoms with E-state index < -0.39 is 0 Å². The van der Waals surface area contributed by atoms with Crippen LogP contribution in [0.2, 0.25) is 0 Å². The lowest BCUT2D eigenvalue weighted by Crippen LogP contribution is -1.98. The Morgan fingerprint density at radius 1 is 1.57 bits per heavy atom. The van der Waals surface area contributed by atoms with Gasteiger partial charge in [0, 0.05) is 9.30 Å². The molecule has 0 spiro atoms. The molecule has 1 rings (SSSR count). The number of benzene rings is 1. The fraction of sp³-hybridized carbons (Fsp3) is 0.300. The molecule has 2 nitrogen and oxygen atoms in total. The summed E-state index contributed by atoms with van der Waals surface area (Å²) in [6, 6.07) is 5.15. The molecule has 0 saturated heterocycles. The lowest BCUT2D eigenvalue weighted by molar-refractivity contribution is 0.474. The van der Waals surface area contributed by atoms with Crippen LogP contribution in [0.4, 0.5) is 0 Å². The molecular weight excluding hydrogens is 310 g/mol. The van der Waals surface area contributed by atoms with Crippen LogP contribution >= 0.6 is 31.9 Å². The van der Waals surface area contributed by atoms with Crippen molar-refractivity contribution < 1.29 is 5.11 Å². The van der Waals surface area contributed by atoms with Crippen LogP contribution in [0.15, 0.2) is 16.6 Å². The van der Waals surface area contributed by atoms with Crippen LogP contribution in [0.3, 0.4) is 0 Å². The Labute approximate surface area is 99.8 Å². The number of hydrogen-bond donors (Lipinski definition) is 1. The first-order valence-corrected chi connectivity index (χ1v) is 5.81. The van der Waals surface area contributed by atoms with Crippen LogP contribution in [-0.2, 0) is 6.42 Å². The molecule has 74 valence electrons. The van der Waals surface area contributed by atoms with Gasteiger partial charge in [0.15, 0.2) is 0 Å². The smallest absolute Gasteiger partial charge is 0.117 e. The third-order valence-corrected chi connectivity index (χ3v) is 3.01. The molecule has 0 radical (unpaired) electrons. The summed E-state index contributed by atoms with van der Waals surface area (Å²) in [6.45, 7) is 2.02. The number of nitrogens with zero attached hydrogens (tertiary/aromatic N) is 1. The molecule has 4 heteroatoms. The SMILES string of the molecule is CC(Br)Cc1cc(O)cc(C#N)c1Br. The highest BCUT2D eigenvalue weighted by atomic mass is 79.9. The largest absolute Gasteiger partial charge is 0.508 e. The number of alkyl halides is 1. The third-order valence-electron chi connectivity index (χ3n) is 1.75. The zero-order valence-corrected chi connectivity index (χ0v) is 10.8. The van der Waals surface area contributed by atoms with E-state index in [0.717, 1.165) is 16.5 Å². The van der Waals surface area contributed by atoms with Gasteiger partial charge in [-0.25, -0.2) is 0 Å². The highest BCUT2D eigenvalue weighted by molar-refractivity contribution is 9.10. The highest BCUT2D eigenvalue weighted by Crippen LogP contribution is 2.28. The van der Waals surface area contributed by atoms with E-state index in [1.165, 1.54) is 6.07 Å². The van der Waals surface area contributed by atoms with E-state index in [9.17, 15) is 5.11 Å². The number of nitriles is 1. The summed E-state index contributed by atoms with van der Waals surface area (Å²) < 4.78 is 0.768. The molecule has 1 aromatic carbocycles. The number of halogens is 2. The number of phenolic OH excluding ortho intramolecular Hbond substituents is 1. The normalized spacial score (nSPS) is 12.1. The van der Waals surface area contributed by atoms with E-state index in [4.69, 9.17) is 5.26 Å². The molecule has 1 unspecified atom stereocenters. The maximum atomic E-state index is 9.38. The van der Waals surface area contributed by atoms with Crippen molar-refractivity contribution in [3.8, 4) is 11.8 Å². The number of phenols is 1. The van der Waals surface area contributed by atoms with E-state index in [-0.39, 0.29) is 5.75 Å². The summed E-state index contributed by atoms with van der Waals surface area (Å²) in [5, 5.41) is 18.2. The van der Waals surface area contributed by atoms with Crippen molar-refractivity contribution in [3.05, 3.63) is 27.7 Å². The topological polar surface area (TPSA) is 44.0 Å². The minimum absolute atomic E-state index is 0.132. The Balaban J connectivity index is 3.17. The molecular formula is C10H9Br2NO. The molecule has 0 heterocycles. The highest BCUT2D eigenvalue weighted by Gasteiger charge is 2.09. The Morgan fingerprint density at radius 2 is 2.21 bits per heavy atom. The average Bonchev–Trinajstić information content (AvgIpc) is 2.09. The number of hydrogen-bond acceptors (Lipinski definition) is 2. The van der Waals surface area contributed by atoms with Crippen molar-refractivity contribution in [1.82, 2.24) is 0 Å². The van der Waals surface area contributed by atoms with Crippen LogP contribution in [0.1, 0.15) is 18.1 Å².